The van der Waals surface area contributed by atoms with Gasteiger partial charge in [0.1, 0.15) is 11.6 Å². The molecule has 162 valence electrons. The molecule has 0 radical (unpaired) electrons. The first kappa shape index (κ1) is 22.6. The number of hydrogen-bond acceptors (Lipinski definition) is 5. The average Bonchev–Trinajstić information content (AvgIpc) is 2.79. The van der Waals surface area contributed by atoms with Gasteiger partial charge in [0.15, 0.2) is 0 Å². The van der Waals surface area contributed by atoms with E-state index in [9.17, 15) is 18.8 Å². The molecule has 3 aromatic carbocycles. The zero-order valence-electron chi connectivity index (χ0n) is 16.5. The molecule has 0 aromatic heterocycles. The van der Waals surface area contributed by atoms with Crippen molar-refractivity contribution in [3.05, 3.63) is 100 Å². The van der Waals surface area contributed by atoms with Gasteiger partial charge in [0.25, 0.3) is 11.8 Å². The number of nitrogens with one attached hydrogen (secondary N) is 2. The van der Waals surface area contributed by atoms with E-state index in [0.717, 1.165) is 6.07 Å². The van der Waals surface area contributed by atoms with Crippen LogP contribution < -0.4 is 15.5 Å². The SMILES string of the molecule is O=C(CNC(=O)c1ccc(Cl)cc1)NN=Cc1ccc(OC(=O)c2cccc(F)c2)cc1. The molecule has 2 N–H and O–H groups in total. The zero-order valence-corrected chi connectivity index (χ0v) is 17.3. The number of hydrogen-bond donors (Lipinski definition) is 2. The first-order valence-electron chi connectivity index (χ1n) is 9.34. The molecule has 0 aliphatic heterocycles. The third kappa shape index (κ3) is 6.75. The molecule has 0 atom stereocenters. The van der Waals surface area contributed by atoms with Crippen molar-refractivity contribution in [2.45, 2.75) is 0 Å². The van der Waals surface area contributed by atoms with Crippen molar-refractivity contribution >= 4 is 35.6 Å². The number of amides is 2. The third-order valence-electron chi connectivity index (χ3n) is 4.07. The third-order valence-corrected chi connectivity index (χ3v) is 4.32. The minimum atomic E-state index is -0.682. The minimum Gasteiger partial charge on any atom is -0.423 e. The molecule has 0 spiro atoms. The van der Waals surface area contributed by atoms with Gasteiger partial charge in [0.05, 0.1) is 18.3 Å². The molecule has 0 aliphatic carbocycles. The van der Waals surface area contributed by atoms with Crippen molar-refractivity contribution in [2.24, 2.45) is 5.10 Å². The van der Waals surface area contributed by atoms with Gasteiger partial charge < -0.3 is 10.1 Å². The number of carbonyl (C=O) groups excluding carboxylic acids is 3. The highest BCUT2D eigenvalue weighted by Crippen LogP contribution is 2.14. The van der Waals surface area contributed by atoms with Crippen LogP contribution in [0, 0.1) is 5.82 Å². The molecule has 0 saturated carbocycles. The van der Waals surface area contributed by atoms with Gasteiger partial charge in [-0.1, -0.05) is 17.7 Å². The smallest absolute Gasteiger partial charge is 0.343 e. The van der Waals surface area contributed by atoms with Crippen molar-refractivity contribution in [2.75, 3.05) is 6.54 Å². The lowest BCUT2D eigenvalue weighted by Crippen LogP contribution is -2.34. The fraction of sp³-hybridized carbons (Fsp3) is 0.0435. The van der Waals surface area contributed by atoms with Gasteiger partial charge in [-0.3, -0.25) is 9.59 Å². The molecule has 32 heavy (non-hydrogen) atoms. The van der Waals surface area contributed by atoms with Gasteiger partial charge in [-0.05, 0) is 72.3 Å². The van der Waals surface area contributed by atoms with E-state index < -0.39 is 23.6 Å². The fourth-order valence-corrected chi connectivity index (χ4v) is 2.61. The van der Waals surface area contributed by atoms with Gasteiger partial charge >= 0.3 is 5.97 Å². The Morgan fingerprint density at radius 2 is 1.69 bits per heavy atom. The predicted molar refractivity (Wildman–Crippen MR) is 117 cm³/mol. The molecule has 0 fully saturated rings. The van der Waals surface area contributed by atoms with Crippen LogP contribution in [0.4, 0.5) is 4.39 Å². The molecular weight excluding hydrogens is 437 g/mol. The Kier molecular flexibility index (Phi) is 7.66. The summed E-state index contributed by atoms with van der Waals surface area (Å²) in [6, 6.07) is 17.7. The molecule has 9 heteroatoms. The molecule has 7 nitrogen and oxygen atoms in total. The lowest BCUT2D eigenvalue weighted by Gasteiger charge is -2.05. The molecule has 3 aromatic rings. The van der Waals surface area contributed by atoms with Gasteiger partial charge in [-0.15, -0.1) is 0 Å². The van der Waals surface area contributed by atoms with E-state index in [0.29, 0.717) is 16.1 Å². The Bertz CT molecular complexity index is 1150. The first-order chi connectivity index (χ1) is 15.4. The maximum absolute atomic E-state index is 13.2. The van der Waals surface area contributed by atoms with Crippen LogP contribution in [-0.4, -0.2) is 30.5 Å². The van der Waals surface area contributed by atoms with Gasteiger partial charge in [-0.25, -0.2) is 14.6 Å². The van der Waals surface area contributed by atoms with Crippen molar-refractivity contribution < 1.29 is 23.5 Å². The number of hydrazone groups is 1. The Morgan fingerprint density at radius 3 is 2.38 bits per heavy atom. The second kappa shape index (κ2) is 10.8. The molecule has 0 aliphatic rings. The second-order valence-corrected chi connectivity index (χ2v) is 6.89. The van der Waals surface area contributed by atoms with Crippen molar-refractivity contribution in [1.82, 2.24) is 10.7 Å². The molecule has 0 unspecified atom stereocenters. The number of nitrogens with zero attached hydrogens (tertiary/aromatic N) is 1. The summed E-state index contributed by atoms with van der Waals surface area (Å²) >= 11 is 5.77. The summed E-state index contributed by atoms with van der Waals surface area (Å²) in [4.78, 5) is 35.8. The summed E-state index contributed by atoms with van der Waals surface area (Å²) in [5.41, 5.74) is 3.40. The Balaban J connectivity index is 1.45. The summed E-state index contributed by atoms with van der Waals surface area (Å²) < 4.78 is 18.4. The van der Waals surface area contributed by atoms with E-state index in [2.05, 4.69) is 15.8 Å². The number of halogens is 2. The van der Waals surface area contributed by atoms with Crippen molar-refractivity contribution in [3.8, 4) is 5.75 Å². The standard InChI is InChI=1S/C23H17ClFN3O4/c24-18-8-6-16(7-9-18)22(30)26-14-21(29)28-27-13-15-4-10-20(11-5-15)32-23(31)17-2-1-3-19(25)12-17/h1-13H,14H2,(H,26,30)(H,28,29). The number of benzene rings is 3. The van der Waals surface area contributed by atoms with Crippen LogP contribution in [0.5, 0.6) is 5.75 Å². The van der Waals surface area contributed by atoms with E-state index in [1.54, 1.807) is 36.4 Å². The van der Waals surface area contributed by atoms with Crippen molar-refractivity contribution in [3.63, 3.8) is 0 Å². The number of esters is 1. The highest BCUT2D eigenvalue weighted by atomic mass is 35.5. The summed E-state index contributed by atoms with van der Waals surface area (Å²) in [5.74, 6) is -1.87. The largest absolute Gasteiger partial charge is 0.423 e. The monoisotopic (exact) mass is 453 g/mol. The molecule has 0 bridgehead atoms. The van der Waals surface area contributed by atoms with E-state index >= 15 is 0 Å². The fourth-order valence-electron chi connectivity index (χ4n) is 2.49. The van der Waals surface area contributed by atoms with Crippen LogP contribution >= 0.6 is 11.6 Å². The van der Waals surface area contributed by atoms with Crippen LogP contribution in [-0.2, 0) is 4.79 Å². The Hall–Kier alpha value is -4.04. The normalized spacial score (nSPS) is 10.6. The molecule has 0 saturated heterocycles. The summed E-state index contributed by atoms with van der Waals surface area (Å²) in [5, 5.41) is 6.78. The van der Waals surface area contributed by atoms with Gasteiger partial charge in [-0.2, -0.15) is 5.10 Å². The van der Waals surface area contributed by atoms with Crippen LogP contribution in [0.2, 0.25) is 5.02 Å². The lowest BCUT2D eigenvalue weighted by atomic mass is 10.2. The minimum absolute atomic E-state index is 0.0986. The summed E-state index contributed by atoms with van der Waals surface area (Å²) in [6.07, 6.45) is 1.39. The lowest BCUT2D eigenvalue weighted by molar-refractivity contribution is -0.120. The average molecular weight is 454 g/mol. The zero-order chi connectivity index (χ0) is 22.9. The van der Waals surface area contributed by atoms with Crippen LogP contribution in [0.25, 0.3) is 0 Å². The highest BCUT2D eigenvalue weighted by molar-refractivity contribution is 6.30. The number of ether oxygens (including phenoxy) is 1. The van der Waals surface area contributed by atoms with Crippen LogP contribution in [0.1, 0.15) is 26.3 Å². The number of carbonyl (C=O) groups is 3. The first-order valence-corrected chi connectivity index (χ1v) is 9.72. The topological polar surface area (TPSA) is 96.9 Å². The number of rotatable bonds is 7. The van der Waals surface area contributed by atoms with Gasteiger partial charge in [0, 0.05) is 10.6 Å². The molecule has 3 rings (SSSR count). The quantitative estimate of drug-likeness (QED) is 0.247. The highest BCUT2D eigenvalue weighted by Gasteiger charge is 2.09. The maximum atomic E-state index is 13.2. The molecule has 2 amide bonds. The Morgan fingerprint density at radius 1 is 0.969 bits per heavy atom. The van der Waals surface area contributed by atoms with E-state index in [1.807, 2.05) is 0 Å². The van der Waals surface area contributed by atoms with E-state index in [-0.39, 0.29) is 17.9 Å². The van der Waals surface area contributed by atoms with E-state index in [4.69, 9.17) is 16.3 Å². The van der Waals surface area contributed by atoms with Crippen molar-refractivity contribution in [1.29, 1.82) is 0 Å². The van der Waals surface area contributed by atoms with Crippen LogP contribution in [0.3, 0.4) is 0 Å². The predicted octanol–water partition coefficient (Wildman–Crippen LogP) is 3.58. The summed E-state index contributed by atoms with van der Waals surface area (Å²) in [7, 11) is 0. The Labute approximate surface area is 187 Å². The second-order valence-electron chi connectivity index (χ2n) is 6.45. The summed E-state index contributed by atoms with van der Waals surface area (Å²) in [6.45, 7) is -0.256. The van der Waals surface area contributed by atoms with Crippen LogP contribution in [0.15, 0.2) is 77.9 Å². The maximum Gasteiger partial charge on any atom is 0.343 e. The molecular formula is C23H17ClFN3O4. The van der Waals surface area contributed by atoms with E-state index in [1.165, 1.54) is 36.5 Å². The van der Waals surface area contributed by atoms with Gasteiger partial charge in [0.2, 0.25) is 0 Å². The molecule has 0 heterocycles.